The summed E-state index contributed by atoms with van der Waals surface area (Å²) in [5.74, 6) is 0.636. The minimum absolute atomic E-state index is 0.154. The molecule has 5 heteroatoms. The first-order valence-electron chi connectivity index (χ1n) is 7.29. The van der Waals surface area contributed by atoms with Crippen LogP contribution in [0.25, 0.3) is 0 Å². The minimum Gasteiger partial charge on any atom is -0.326 e. The molecular weight excluding hydrogens is 382 g/mol. The molecular formula is C15H23Br2N3. The molecule has 112 valence electrons. The summed E-state index contributed by atoms with van der Waals surface area (Å²) in [6.07, 6.45) is 5.38. The second-order valence-electron chi connectivity index (χ2n) is 6.01. The highest BCUT2D eigenvalue weighted by Gasteiger charge is 2.31. The fourth-order valence-corrected chi connectivity index (χ4v) is 4.18. The van der Waals surface area contributed by atoms with Gasteiger partial charge < -0.3 is 5.73 Å². The van der Waals surface area contributed by atoms with E-state index in [1.807, 2.05) is 6.20 Å². The van der Waals surface area contributed by atoms with Crippen LogP contribution in [0.2, 0.25) is 0 Å². The lowest BCUT2D eigenvalue weighted by molar-refractivity contribution is 0.161. The lowest BCUT2D eigenvalue weighted by Crippen LogP contribution is -2.42. The standard InChI is InChI=1S/C15H23Br2N3/c1-10(2)9-20-6-4-3-5-13(18)15(20)14-12(17)7-11(16)8-19-14/h7-8,10,13,15H,3-6,9,18H2,1-2H3. The molecule has 0 radical (unpaired) electrons. The van der Waals surface area contributed by atoms with Crippen LogP contribution in [0.15, 0.2) is 21.2 Å². The lowest BCUT2D eigenvalue weighted by atomic mass is 9.99. The molecule has 1 aromatic rings. The molecule has 0 aromatic carbocycles. The number of pyridine rings is 1. The largest absolute Gasteiger partial charge is 0.326 e. The summed E-state index contributed by atoms with van der Waals surface area (Å²) < 4.78 is 2.04. The van der Waals surface area contributed by atoms with Gasteiger partial charge in [-0.25, -0.2) is 0 Å². The molecule has 1 aliphatic heterocycles. The van der Waals surface area contributed by atoms with E-state index in [0.717, 1.165) is 34.1 Å². The maximum absolute atomic E-state index is 6.47. The average Bonchev–Trinajstić information content (AvgIpc) is 2.52. The summed E-state index contributed by atoms with van der Waals surface area (Å²) in [6, 6.07) is 2.43. The zero-order chi connectivity index (χ0) is 14.7. The molecule has 0 amide bonds. The van der Waals surface area contributed by atoms with Gasteiger partial charge in [0.1, 0.15) is 0 Å². The molecule has 2 rings (SSSR count). The van der Waals surface area contributed by atoms with E-state index in [1.165, 1.54) is 12.8 Å². The fourth-order valence-electron chi connectivity index (χ4n) is 2.96. The minimum atomic E-state index is 0.154. The van der Waals surface area contributed by atoms with Gasteiger partial charge in [-0.05, 0) is 63.2 Å². The molecule has 1 saturated heterocycles. The Hall–Kier alpha value is 0.0300. The monoisotopic (exact) mass is 403 g/mol. The van der Waals surface area contributed by atoms with E-state index >= 15 is 0 Å². The van der Waals surface area contributed by atoms with E-state index in [1.54, 1.807) is 0 Å². The number of rotatable bonds is 3. The van der Waals surface area contributed by atoms with Crippen LogP contribution in [-0.2, 0) is 0 Å². The van der Waals surface area contributed by atoms with Crippen molar-refractivity contribution in [3.63, 3.8) is 0 Å². The molecule has 2 heterocycles. The third kappa shape index (κ3) is 4.03. The van der Waals surface area contributed by atoms with E-state index in [0.29, 0.717) is 5.92 Å². The van der Waals surface area contributed by atoms with Crippen LogP contribution in [0.4, 0.5) is 0 Å². The van der Waals surface area contributed by atoms with Gasteiger partial charge in [-0.15, -0.1) is 0 Å². The zero-order valence-electron chi connectivity index (χ0n) is 12.1. The lowest BCUT2D eigenvalue weighted by Gasteiger charge is -2.34. The van der Waals surface area contributed by atoms with Crippen molar-refractivity contribution < 1.29 is 0 Å². The number of hydrogen-bond donors (Lipinski definition) is 1. The highest BCUT2D eigenvalue weighted by atomic mass is 79.9. The molecule has 0 aliphatic carbocycles. The van der Waals surface area contributed by atoms with Gasteiger partial charge in [0.2, 0.25) is 0 Å². The Morgan fingerprint density at radius 1 is 1.40 bits per heavy atom. The van der Waals surface area contributed by atoms with Gasteiger partial charge in [-0.1, -0.05) is 20.3 Å². The van der Waals surface area contributed by atoms with Crippen LogP contribution in [0.1, 0.15) is 44.8 Å². The number of nitrogens with two attached hydrogens (primary N) is 1. The topological polar surface area (TPSA) is 42.1 Å². The van der Waals surface area contributed by atoms with Crippen LogP contribution in [-0.4, -0.2) is 29.0 Å². The molecule has 2 N–H and O–H groups in total. The number of halogens is 2. The van der Waals surface area contributed by atoms with Crippen molar-refractivity contribution >= 4 is 31.9 Å². The van der Waals surface area contributed by atoms with E-state index in [2.05, 4.69) is 61.7 Å². The van der Waals surface area contributed by atoms with Crippen molar-refractivity contribution in [1.82, 2.24) is 9.88 Å². The predicted octanol–water partition coefficient (Wildman–Crippen LogP) is 4.12. The van der Waals surface area contributed by atoms with E-state index in [-0.39, 0.29) is 12.1 Å². The first kappa shape index (κ1) is 16.4. The van der Waals surface area contributed by atoms with Crippen LogP contribution >= 0.6 is 31.9 Å². The molecule has 1 aliphatic rings. The van der Waals surface area contributed by atoms with Gasteiger partial charge in [-0.3, -0.25) is 9.88 Å². The second kappa shape index (κ2) is 7.34. The SMILES string of the molecule is CC(C)CN1CCCCC(N)C1c1ncc(Br)cc1Br. The van der Waals surface area contributed by atoms with Gasteiger partial charge in [0.05, 0.1) is 11.7 Å². The molecule has 0 saturated carbocycles. The Morgan fingerprint density at radius 2 is 2.15 bits per heavy atom. The summed E-state index contributed by atoms with van der Waals surface area (Å²) in [5.41, 5.74) is 7.54. The predicted molar refractivity (Wildman–Crippen MR) is 90.6 cm³/mol. The van der Waals surface area contributed by atoms with Crippen molar-refractivity contribution in [1.29, 1.82) is 0 Å². The Morgan fingerprint density at radius 3 is 2.80 bits per heavy atom. The second-order valence-corrected chi connectivity index (χ2v) is 7.78. The summed E-state index contributed by atoms with van der Waals surface area (Å²) in [6.45, 7) is 6.71. The van der Waals surface area contributed by atoms with Gasteiger partial charge in [0.25, 0.3) is 0 Å². The normalized spacial score (nSPS) is 24.9. The first-order valence-corrected chi connectivity index (χ1v) is 8.88. The summed E-state index contributed by atoms with van der Waals surface area (Å²) in [5, 5.41) is 0. The molecule has 2 unspecified atom stereocenters. The van der Waals surface area contributed by atoms with Crippen LogP contribution in [0, 0.1) is 5.92 Å². The van der Waals surface area contributed by atoms with Crippen LogP contribution in [0.5, 0.6) is 0 Å². The molecule has 0 bridgehead atoms. The van der Waals surface area contributed by atoms with Crippen molar-refractivity contribution in [3.8, 4) is 0 Å². The van der Waals surface area contributed by atoms with Crippen molar-refractivity contribution in [3.05, 3.63) is 26.9 Å². The van der Waals surface area contributed by atoms with Gasteiger partial charge >= 0.3 is 0 Å². The Labute approximate surface area is 138 Å². The number of hydrogen-bond acceptors (Lipinski definition) is 3. The highest BCUT2D eigenvalue weighted by molar-refractivity contribution is 9.11. The summed E-state index contributed by atoms with van der Waals surface area (Å²) in [4.78, 5) is 7.15. The van der Waals surface area contributed by atoms with Crippen molar-refractivity contribution in [2.75, 3.05) is 13.1 Å². The fraction of sp³-hybridized carbons (Fsp3) is 0.667. The van der Waals surface area contributed by atoms with E-state index in [4.69, 9.17) is 5.73 Å². The molecule has 1 aromatic heterocycles. The van der Waals surface area contributed by atoms with E-state index < -0.39 is 0 Å². The van der Waals surface area contributed by atoms with Crippen LogP contribution < -0.4 is 5.73 Å². The quantitative estimate of drug-likeness (QED) is 0.823. The Kier molecular flexibility index (Phi) is 6.02. The van der Waals surface area contributed by atoms with Crippen LogP contribution in [0.3, 0.4) is 0 Å². The molecule has 1 fully saturated rings. The maximum atomic E-state index is 6.47. The molecule has 2 atom stereocenters. The number of likely N-dealkylation sites (tertiary alicyclic amines) is 1. The Bertz CT molecular complexity index is 451. The van der Waals surface area contributed by atoms with Crippen molar-refractivity contribution in [2.45, 2.75) is 45.2 Å². The third-order valence-corrected chi connectivity index (χ3v) is 4.82. The summed E-state index contributed by atoms with van der Waals surface area (Å²) >= 11 is 7.12. The maximum Gasteiger partial charge on any atom is 0.0733 e. The van der Waals surface area contributed by atoms with E-state index in [9.17, 15) is 0 Å². The zero-order valence-corrected chi connectivity index (χ0v) is 15.3. The number of aromatic nitrogens is 1. The Balaban J connectivity index is 2.34. The average molecular weight is 405 g/mol. The van der Waals surface area contributed by atoms with Crippen molar-refractivity contribution in [2.24, 2.45) is 11.7 Å². The highest BCUT2D eigenvalue weighted by Crippen LogP contribution is 2.34. The number of nitrogens with zero attached hydrogens (tertiary/aromatic N) is 2. The molecule has 3 nitrogen and oxygen atoms in total. The first-order chi connectivity index (χ1) is 9.49. The molecule has 20 heavy (non-hydrogen) atoms. The smallest absolute Gasteiger partial charge is 0.0733 e. The third-order valence-electron chi connectivity index (χ3n) is 3.75. The summed E-state index contributed by atoms with van der Waals surface area (Å²) in [7, 11) is 0. The van der Waals surface area contributed by atoms with Gasteiger partial charge in [0.15, 0.2) is 0 Å². The molecule has 0 spiro atoms. The van der Waals surface area contributed by atoms with Gasteiger partial charge in [-0.2, -0.15) is 0 Å². The van der Waals surface area contributed by atoms with Gasteiger partial charge in [0, 0.05) is 27.7 Å².